The highest BCUT2D eigenvalue weighted by Gasteiger charge is 2.03. The third-order valence-electron chi connectivity index (χ3n) is 2.20. The molecule has 0 aliphatic carbocycles. The predicted molar refractivity (Wildman–Crippen MR) is 66.5 cm³/mol. The summed E-state index contributed by atoms with van der Waals surface area (Å²) < 4.78 is 0. The average molecular weight is 238 g/mol. The molecule has 0 saturated heterocycles. The molecule has 0 bridgehead atoms. The number of hydrogen-bond acceptors (Lipinski definition) is 4. The van der Waals surface area contributed by atoms with Crippen molar-refractivity contribution in [2.45, 2.75) is 26.9 Å². The van der Waals surface area contributed by atoms with E-state index in [1.807, 2.05) is 0 Å². The Hall–Kier alpha value is -0.710. The van der Waals surface area contributed by atoms with E-state index in [4.69, 9.17) is 0 Å². The smallest absolute Gasteiger partial charge is 0.0900 e. The van der Waals surface area contributed by atoms with Gasteiger partial charge in [0.1, 0.15) is 0 Å². The summed E-state index contributed by atoms with van der Waals surface area (Å²) in [6, 6.07) is 2.15. The number of aryl methyl sites for hydroxylation is 2. The van der Waals surface area contributed by atoms with Crippen molar-refractivity contribution in [1.29, 1.82) is 0 Å². The molecule has 2 aromatic rings. The minimum Gasteiger partial charge on any atom is -0.307 e. The average Bonchev–Trinajstić information content (AvgIpc) is 2.77. The zero-order chi connectivity index (χ0) is 10.7. The molecule has 2 nitrogen and oxygen atoms in total. The Kier molecular flexibility index (Phi) is 3.51. The molecule has 2 heterocycles. The lowest BCUT2D eigenvalue weighted by Gasteiger charge is -2.01. The molecule has 0 atom stereocenters. The van der Waals surface area contributed by atoms with Gasteiger partial charge in [0, 0.05) is 18.0 Å². The standard InChI is InChI=1S/C11H14N2S2/c1-8-11(13-9(2)15-8)6-12-5-10-3-4-14-7-10/h3-4,7,12H,5-6H2,1-2H3. The lowest BCUT2D eigenvalue weighted by molar-refractivity contribution is 0.680. The van der Waals surface area contributed by atoms with Crippen LogP contribution in [0.3, 0.4) is 0 Å². The Morgan fingerprint density at radius 2 is 2.20 bits per heavy atom. The number of nitrogens with zero attached hydrogens (tertiary/aromatic N) is 1. The molecule has 4 heteroatoms. The summed E-state index contributed by atoms with van der Waals surface area (Å²) in [7, 11) is 0. The van der Waals surface area contributed by atoms with Crippen molar-refractivity contribution < 1.29 is 0 Å². The number of thiazole rings is 1. The van der Waals surface area contributed by atoms with Crippen LogP contribution in [0.5, 0.6) is 0 Å². The van der Waals surface area contributed by atoms with Gasteiger partial charge in [-0.25, -0.2) is 4.98 Å². The minimum atomic E-state index is 0.867. The molecule has 0 aliphatic heterocycles. The van der Waals surface area contributed by atoms with Crippen molar-refractivity contribution in [2.24, 2.45) is 0 Å². The topological polar surface area (TPSA) is 24.9 Å². The Morgan fingerprint density at radius 3 is 2.80 bits per heavy atom. The summed E-state index contributed by atoms with van der Waals surface area (Å²) in [5, 5.41) is 8.84. The summed E-state index contributed by atoms with van der Waals surface area (Å²) >= 11 is 3.51. The van der Waals surface area contributed by atoms with Crippen molar-refractivity contribution >= 4 is 22.7 Å². The molecule has 0 unspecified atom stereocenters. The fourth-order valence-electron chi connectivity index (χ4n) is 1.45. The second-order valence-corrected chi connectivity index (χ2v) is 5.66. The van der Waals surface area contributed by atoms with Crippen molar-refractivity contribution in [1.82, 2.24) is 10.3 Å². The lowest BCUT2D eigenvalue weighted by Crippen LogP contribution is -2.13. The van der Waals surface area contributed by atoms with Crippen molar-refractivity contribution in [3.8, 4) is 0 Å². The molecular weight excluding hydrogens is 224 g/mol. The molecule has 1 N–H and O–H groups in total. The van der Waals surface area contributed by atoms with Crippen LogP contribution in [-0.4, -0.2) is 4.98 Å². The van der Waals surface area contributed by atoms with Gasteiger partial charge in [0.2, 0.25) is 0 Å². The largest absolute Gasteiger partial charge is 0.307 e. The predicted octanol–water partition coefficient (Wildman–Crippen LogP) is 3.11. The summed E-state index contributed by atoms with van der Waals surface area (Å²) in [5.74, 6) is 0. The number of thiophene rings is 1. The third kappa shape index (κ3) is 2.87. The number of hydrogen-bond donors (Lipinski definition) is 1. The molecule has 2 rings (SSSR count). The van der Waals surface area contributed by atoms with E-state index in [-0.39, 0.29) is 0 Å². The van der Waals surface area contributed by atoms with Crippen LogP contribution in [0.1, 0.15) is 21.1 Å². The molecule has 80 valence electrons. The molecular formula is C11H14N2S2. The fourth-order valence-corrected chi connectivity index (χ4v) is 2.96. The fraction of sp³-hybridized carbons (Fsp3) is 0.364. The van der Waals surface area contributed by atoms with Crippen LogP contribution in [0.4, 0.5) is 0 Å². The highest BCUT2D eigenvalue weighted by molar-refractivity contribution is 7.11. The van der Waals surface area contributed by atoms with E-state index in [9.17, 15) is 0 Å². The highest BCUT2D eigenvalue weighted by atomic mass is 32.1. The van der Waals surface area contributed by atoms with Gasteiger partial charge in [-0.2, -0.15) is 11.3 Å². The van der Waals surface area contributed by atoms with Crippen LogP contribution >= 0.6 is 22.7 Å². The maximum atomic E-state index is 4.49. The molecule has 2 aromatic heterocycles. The van der Waals surface area contributed by atoms with Gasteiger partial charge in [0.05, 0.1) is 10.7 Å². The first kappa shape index (κ1) is 10.8. The summed E-state index contributed by atoms with van der Waals surface area (Å²) in [4.78, 5) is 5.81. The lowest BCUT2D eigenvalue weighted by atomic mass is 10.3. The quantitative estimate of drug-likeness (QED) is 0.885. The summed E-state index contributed by atoms with van der Waals surface area (Å²) in [5.41, 5.74) is 2.54. The van der Waals surface area contributed by atoms with Gasteiger partial charge < -0.3 is 5.32 Å². The molecule has 15 heavy (non-hydrogen) atoms. The van der Waals surface area contributed by atoms with E-state index in [0.29, 0.717) is 0 Å². The van der Waals surface area contributed by atoms with Crippen molar-refractivity contribution in [3.05, 3.63) is 38.0 Å². The summed E-state index contributed by atoms with van der Waals surface area (Å²) in [6.45, 7) is 5.98. The Bertz CT molecular complexity index is 418. The van der Waals surface area contributed by atoms with Crippen LogP contribution in [0.25, 0.3) is 0 Å². The minimum absolute atomic E-state index is 0.867. The zero-order valence-corrected chi connectivity index (χ0v) is 10.5. The van der Waals surface area contributed by atoms with E-state index in [1.165, 1.54) is 16.1 Å². The first-order valence-electron chi connectivity index (χ1n) is 4.90. The number of aromatic nitrogens is 1. The van der Waals surface area contributed by atoms with E-state index in [1.54, 1.807) is 22.7 Å². The van der Waals surface area contributed by atoms with Gasteiger partial charge >= 0.3 is 0 Å². The van der Waals surface area contributed by atoms with Gasteiger partial charge in [0.25, 0.3) is 0 Å². The van der Waals surface area contributed by atoms with Crippen molar-refractivity contribution in [3.63, 3.8) is 0 Å². The Labute approximate surface area is 98.0 Å². The van der Waals surface area contributed by atoms with E-state index >= 15 is 0 Å². The van der Waals surface area contributed by atoms with Crippen LogP contribution in [0.2, 0.25) is 0 Å². The SMILES string of the molecule is Cc1nc(CNCc2ccsc2)c(C)s1. The van der Waals surface area contributed by atoms with Crippen molar-refractivity contribution in [2.75, 3.05) is 0 Å². The van der Waals surface area contributed by atoms with Gasteiger partial charge in [-0.1, -0.05) is 0 Å². The molecule has 0 fully saturated rings. The molecule has 0 aliphatic rings. The van der Waals surface area contributed by atoms with Gasteiger partial charge in [-0.05, 0) is 36.2 Å². The van der Waals surface area contributed by atoms with Crippen LogP contribution < -0.4 is 5.32 Å². The van der Waals surface area contributed by atoms with E-state index in [2.05, 4.69) is 41.0 Å². The molecule has 0 amide bonds. The van der Waals surface area contributed by atoms with Crippen LogP contribution in [0, 0.1) is 13.8 Å². The van der Waals surface area contributed by atoms with Gasteiger partial charge in [-0.3, -0.25) is 0 Å². The second kappa shape index (κ2) is 4.88. The number of nitrogens with one attached hydrogen (secondary N) is 1. The van der Waals surface area contributed by atoms with Gasteiger partial charge in [0.15, 0.2) is 0 Å². The summed E-state index contributed by atoms with van der Waals surface area (Å²) in [6.07, 6.45) is 0. The zero-order valence-electron chi connectivity index (χ0n) is 8.91. The maximum Gasteiger partial charge on any atom is 0.0900 e. The highest BCUT2D eigenvalue weighted by Crippen LogP contribution is 2.16. The monoisotopic (exact) mass is 238 g/mol. The number of rotatable bonds is 4. The van der Waals surface area contributed by atoms with Gasteiger partial charge in [-0.15, -0.1) is 11.3 Å². The Morgan fingerprint density at radius 1 is 1.33 bits per heavy atom. The first-order chi connectivity index (χ1) is 7.25. The molecule has 0 saturated carbocycles. The van der Waals surface area contributed by atoms with Crippen LogP contribution in [-0.2, 0) is 13.1 Å². The van der Waals surface area contributed by atoms with Crippen LogP contribution in [0.15, 0.2) is 16.8 Å². The molecule has 0 radical (unpaired) electrons. The second-order valence-electron chi connectivity index (χ2n) is 3.47. The third-order valence-corrected chi connectivity index (χ3v) is 3.86. The first-order valence-corrected chi connectivity index (χ1v) is 6.66. The molecule has 0 spiro atoms. The van der Waals surface area contributed by atoms with E-state index < -0.39 is 0 Å². The Balaban J connectivity index is 1.86. The molecule has 0 aromatic carbocycles. The van der Waals surface area contributed by atoms with E-state index in [0.717, 1.165) is 18.1 Å². The maximum absolute atomic E-state index is 4.49. The normalized spacial score (nSPS) is 10.8.